The van der Waals surface area contributed by atoms with Gasteiger partial charge in [0.15, 0.2) is 11.5 Å². The molecule has 1 aromatic rings. The number of methoxy groups -OCH3 is 3. The lowest BCUT2D eigenvalue weighted by molar-refractivity contribution is -0.123. The average molecular weight is 280 g/mol. The molecule has 1 aliphatic carbocycles. The number of hydrogen-bond donors (Lipinski definition) is 2. The molecule has 1 amide bonds. The van der Waals surface area contributed by atoms with Gasteiger partial charge in [-0.25, -0.2) is 0 Å². The van der Waals surface area contributed by atoms with E-state index < -0.39 is 5.54 Å². The summed E-state index contributed by atoms with van der Waals surface area (Å²) in [4.78, 5) is 11.8. The number of carbonyl (C=O) groups excluding carboxylic acids is 1. The van der Waals surface area contributed by atoms with Gasteiger partial charge in [-0.1, -0.05) is 0 Å². The second-order valence-electron chi connectivity index (χ2n) is 4.86. The number of benzene rings is 1. The summed E-state index contributed by atoms with van der Waals surface area (Å²) in [7, 11) is 4.69. The predicted molar refractivity (Wildman–Crippen MR) is 74.1 cm³/mol. The van der Waals surface area contributed by atoms with E-state index in [0.717, 1.165) is 18.4 Å². The van der Waals surface area contributed by atoms with Crippen molar-refractivity contribution < 1.29 is 19.0 Å². The molecule has 2 rings (SSSR count). The molecule has 1 fully saturated rings. The van der Waals surface area contributed by atoms with E-state index in [9.17, 15) is 4.79 Å². The summed E-state index contributed by atoms with van der Waals surface area (Å²) >= 11 is 0. The topological polar surface area (TPSA) is 82.8 Å². The van der Waals surface area contributed by atoms with Gasteiger partial charge in [0.2, 0.25) is 5.91 Å². The summed E-state index contributed by atoms with van der Waals surface area (Å²) in [6.45, 7) is 0.335. The Labute approximate surface area is 118 Å². The summed E-state index contributed by atoms with van der Waals surface area (Å²) in [5, 5.41) is 2.82. The van der Waals surface area contributed by atoms with Crippen molar-refractivity contribution in [2.75, 3.05) is 21.3 Å². The lowest BCUT2D eigenvalue weighted by atomic mass is 10.1. The van der Waals surface area contributed by atoms with Gasteiger partial charge in [0.25, 0.3) is 0 Å². The summed E-state index contributed by atoms with van der Waals surface area (Å²) in [5.41, 5.74) is 5.97. The van der Waals surface area contributed by atoms with E-state index >= 15 is 0 Å². The minimum Gasteiger partial charge on any atom is -0.496 e. The van der Waals surface area contributed by atoms with Crippen LogP contribution in [0.25, 0.3) is 0 Å². The molecule has 6 heteroatoms. The van der Waals surface area contributed by atoms with Crippen molar-refractivity contribution in [2.24, 2.45) is 5.73 Å². The quantitative estimate of drug-likeness (QED) is 0.806. The summed E-state index contributed by atoms with van der Waals surface area (Å²) in [6, 6.07) is 3.52. The van der Waals surface area contributed by atoms with Crippen LogP contribution in [-0.2, 0) is 11.3 Å². The molecule has 0 atom stereocenters. The predicted octanol–water partition coefficient (Wildman–Crippen LogP) is 0.820. The summed E-state index contributed by atoms with van der Waals surface area (Å²) in [6.07, 6.45) is 1.48. The molecule has 0 radical (unpaired) electrons. The van der Waals surface area contributed by atoms with Gasteiger partial charge in [0.1, 0.15) is 5.75 Å². The van der Waals surface area contributed by atoms with Crippen LogP contribution in [-0.4, -0.2) is 32.8 Å². The van der Waals surface area contributed by atoms with E-state index in [-0.39, 0.29) is 5.91 Å². The molecule has 20 heavy (non-hydrogen) atoms. The van der Waals surface area contributed by atoms with Crippen molar-refractivity contribution in [1.29, 1.82) is 0 Å². The molecule has 0 heterocycles. The zero-order valence-corrected chi connectivity index (χ0v) is 12.0. The Kier molecular flexibility index (Phi) is 4.04. The smallest absolute Gasteiger partial charge is 0.240 e. The molecule has 0 saturated heterocycles. The average Bonchev–Trinajstić information content (AvgIpc) is 3.22. The van der Waals surface area contributed by atoms with Crippen LogP contribution in [0.2, 0.25) is 0 Å². The van der Waals surface area contributed by atoms with Gasteiger partial charge in [-0.3, -0.25) is 4.79 Å². The molecule has 6 nitrogen and oxygen atoms in total. The molecule has 3 N–H and O–H groups in total. The monoisotopic (exact) mass is 280 g/mol. The third kappa shape index (κ3) is 2.80. The standard InChI is InChI=1S/C14H20N2O4/c1-18-10-7-12(20-3)11(19-2)6-9(10)8-16-13(17)14(15)4-5-14/h6-7H,4-5,8,15H2,1-3H3,(H,16,17). The Balaban J connectivity index is 2.15. The highest BCUT2D eigenvalue weighted by atomic mass is 16.5. The van der Waals surface area contributed by atoms with Crippen LogP contribution in [0.1, 0.15) is 18.4 Å². The zero-order chi connectivity index (χ0) is 14.8. The first-order valence-corrected chi connectivity index (χ1v) is 6.40. The van der Waals surface area contributed by atoms with Crippen molar-refractivity contribution in [1.82, 2.24) is 5.32 Å². The maximum absolute atomic E-state index is 11.8. The van der Waals surface area contributed by atoms with Crippen LogP contribution in [0, 0.1) is 0 Å². The molecule has 1 aliphatic rings. The summed E-state index contributed by atoms with van der Waals surface area (Å²) in [5.74, 6) is 1.67. The molecular formula is C14H20N2O4. The Hall–Kier alpha value is -1.95. The fourth-order valence-electron chi connectivity index (χ4n) is 1.94. The maximum atomic E-state index is 11.8. The molecule has 1 saturated carbocycles. The molecule has 110 valence electrons. The van der Waals surface area contributed by atoms with Gasteiger partial charge >= 0.3 is 0 Å². The SMILES string of the molecule is COc1cc(OC)c(OC)cc1CNC(=O)C1(N)CC1. The number of carbonyl (C=O) groups is 1. The fourth-order valence-corrected chi connectivity index (χ4v) is 1.94. The molecule has 0 spiro atoms. The van der Waals surface area contributed by atoms with Gasteiger partial charge in [-0.15, -0.1) is 0 Å². The van der Waals surface area contributed by atoms with Gasteiger partial charge in [-0.2, -0.15) is 0 Å². The van der Waals surface area contributed by atoms with Crippen molar-refractivity contribution in [2.45, 2.75) is 24.9 Å². The number of hydrogen-bond acceptors (Lipinski definition) is 5. The highest BCUT2D eigenvalue weighted by Gasteiger charge is 2.45. The van der Waals surface area contributed by atoms with Gasteiger partial charge in [-0.05, 0) is 18.9 Å². The minimum absolute atomic E-state index is 0.130. The Morgan fingerprint density at radius 2 is 1.70 bits per heavy atom. The third-order valence-electron chi connectivity index (χ3n) is 3.47. The Bertz CT molecular complexity index is 512. The van der Waals surface area contributed by atoms with Gasteiger partial charge in [0, 0.05) is 18.2 Å². The molecule has 0 unspecified atom stereocenters. The number of amides is 1. The minimum atomic E-state index is -0.677. The largest absolute Gasteiger partial charge is 0.496 e. The zero-order valence-electron chi connectivity index (χ0n) is 12.0. The number of rotatable bonds is 6. The van der Waals surface area contributed by atoms with Crippen molar-refractivity contribution in [3.8, 4) is 17.2 Å². The van der Waals surface area contributed by atoms with Gasteiger partial charge < -0.3 is 25.3 Å². The van der Waals surface area contributed by atoms with E-state index in [0.29, 0.717) is 23.8 Å². The van der Waals surface area contributed by atoms with Crippen LogP contribution < -0.4 is 25.3 Å². The lowest BCUT2D eigenvalue weighted by Crippen LogP contribution is -2.42. The fraction of sp³-hybridized carbons (Fsp3) is 0.500. The molecule has 0 bridgehead atoms. The van der Waals surface area contributed by atoms with Crippen LogP contribution >= 0.6 is 0 Å². The second kappa shape index (κ2) is 5.58. The maximum Gasteiger partial charge on any atom is 0.240 e. The third-order valence-corrected chi connectivity index (χ3v) is 3.47. The molecule has 0 aromatic heterocycles. The van der Waals surface area contributed by atoms with Crippen LogP contribution in [0.15, 0.2) is 12.1 Å². The molecule has 0 aliphatic heterocycles. The van der Waals surface area contributed by atoms with E-state index in [2.05, 4.69) is 5.32 Å². The lowest BCUT2D eigenvalue weighted by Gasteiger charge is -2.15. The second-order valence-corrected chi connectivity index (χ2v) is 4.86. The van der Waals surface area contributed by atoms with Crippen LogP contribution in [0.3, 0.4) is 0 Å². The molecule has 1 aromatic carbocycles. The Morgan fingerprint density at radius 3 is 2.20 bits per heavy atom. The first kappa shape index (κ1) is 14.5. The summed E-state index contributed by atoms with van der Waals surface area (Å²) < 4.78 is 15.8. The van der Waals surface area contributed by atoms with Crippen LogP contribution in [0.5, 0.6) is 17.2 Å². The van der Waals surface area contributed by atoms with Crippen LogP contribution in [0.4, 0.5) is 0 Å². The van der Waals surface area contributed by atoms with Crippen molar-refractivity contribution >= 4 is 5.91 Å². The number of nitrogens with two attached hydrogens (primary N) is 1. The molecular weight excluding hydrogens is 260 g/mol. The van der Waals surface area contributed by atoms with Gasteiger partial charge in [0.05, 0.1) is 26.9 Å². The van der Waals surface area contributed by atoms with E-state index in [1.165, 1.54) is 0 Å². The normalized spacial score (nSPS) is 15.4. The Morgan fingerprint density at radius 1 is 1.15 bits per heavy atom. The van der Waals surface area contributed by atoms with Crippen molar-refractivity contribution in [3.63, 3.8) is 0 Å². The number of ether oxygens (including phenoxy) is 3. The highest BCUT2D eigenvalue weighted by Crippen LogP contribution is 2.35. The van der Waals surface area contributed by atoms with E-state index in [4.69, 9.17) is 19.9 Å². The van der Waals surface area contributed by atoms with E-state index in [1.54, 1.807) is 33.5 Å². The van der Waals surface area contributed by atoms with E-state index in [1.807, 2.05) is 0 Å². The van der Waals surface area contributed by atoms with Crippen molar-refractivity contribution in [3.05, 3.63) is 17.7 Å². The highest BCUT2D eigenvalue weighted by molar-refractivity contribution is 5.89. The number of nitrogens with one attached hydrogen (secondary N) is 1. The first-order valence-electron chi connectivity index (χ1n) is 6.40. The first-order chi connectivity index (χ1) is 9.54.